The molecule has 0 aliphatic carbocycles. The van der Waals surface area contributed by atoms with Gasteiger partial charge in [0.15, 0.2) is 5.60 Å². The number of amides is 1. The maximum Gasteiger partial charge on any atom is 0.264 e. The summed E-state index contributed by atoms with van der Waals surface area (Å²) < 4.78 is 6.01. The monoisotopic (exact) mass is 403 g/mol. The number of ketones is 1. The van der Waals surface area contributed by atoms with Gasteiger partial charge in [-0.3, -0.25) is 9.59 Å². The Morgan fingerprint density at radius 2 is 1.83 bits per heavy atom. The first-order valence-corrected chi connectivity index (χ1v) is 10.1. The number of aryl methyl sites for hydroxylation is 2. The van der Waals surface area contributed by atoms with E-state index in [1.807, 2.05) is 62.4 Å². The van der Waals surface area contributed by atoms with Crippen LogP contribution in [0.4, 0.5) is 5.69 Å². The van der Waals surface area contributed by atoms with Crippen LogP contribution >= 0.6 is 0 Å². The van der Waals surface area contributed by atoms with Crippen LogP contribution in [0, 0.1) is 13.8 Å². The zero-order valence-corrected chi connectivity index (χ0v) is 17.4. The fourth-order valence-electron chi connectivity index (χ4n) is 4.39. The highest BCUT2D eigenvalue weighted by Gasteiger charge is 2.50. The summed E-state index contributed by atoms with van der Waals surface area (Å²) in [5.74, 6) is 0.0485. The van der Waals surface area contributed by atoms with Crippen LogP contribution in [0.25, 0.3) is 10.8 Å². The van der Waals surface area contributed by atoms with Gasteiger partial charge in [-0.1, -0.05) is 54.1 Å². The number of carbonyl (C=O) groups excluding carboxylic acids is 2. The van der Waals surface area contributed by atoms with Gasteiger partial charge < -0.3 is 14.7 Å². The Labute approximate surface area is 175 Å². The van der Waals surface area contributed by atoms with E-state index in [4.69, 9.17) is 4.74 Å². The average Bonchev–Trinajstić information content (AvgIpc) is 2.89. The fraction of sp³-hybridized carbons (Fsp3) is 0.280. The lowest BCUT2D eigenvalue weighted by molar-refractivity contribution is -0.141. The number of aliphatic hydroxyl groups is 1. The highest BCUT2D eigenvalue weighted by molar-refractivity contribution is 6.09. The van der Waals surface area contributed by atoms with Gasteiger partial charge in [0, 0.05) is 17.4 Å². The molecule has 0 fully saturated rings. The van der Waals surface area contributed by atoms with E-state index >= 15 is 0 Å². The number of hydrogen-bond donors (Lipinski definition) is 1. The van der Waals surface area contributed by atoms with Crippen molar-refractivity contribution < 1.29 is 19.4 Å². The van der Waals surface area contributed by atoms with Crippen molar-refractivity contribution >= 4 is 28.2 Å². The Hall–Kier alpha value is -3.18. The van der Waals surface area contributed by atoms with Gasteiger partial charge >= 0.3 is 0 Å². The minimum Gasteiger partial charge on any atom is -0.491 e. The van der Waals surface area contributed by atoms with Gasteiger partial charge in [-0.25, -0.2) is 0 Å². The molecule has 5 heteroatoms. The Morgan fingerprint density at radius 3 is 2.60 bits per heavy atom. The highest BCUT2D eigenvalue weighted by atomic mass is 16.5. The third kappa shape index (κ3) is 3.35. The van der Waals surface area contributed by atoms with Crippen molar-refractivity contribution in [1.29, 1.82) is 0 Å². The summed E-state index contributed by atoms with van der Waals surface area (Å²) in [6.07, 6.45) is -0.234. The quantitative estimate of drug-likeness (QED) is 0.674. The topological polar surface area (TPSA) is 66.8 Å². The lowest BCUT2D eigenvalue weighted by atomic mass is 9.88. The summed E-state index contributed by atoms with van der Waals surface area (Å²) in [7, 11) is 0. The van der Waals surface area contributed by atoms with E-state index in [2.05, 4.69) is 0 Å². The summed E-state index contributed by atoms with van der Waals surface area (Å²) in [4.78, 5) is 26.6. The van der Waals surface area contributed by atoms with E-state index in [1.165, 1.54) is 6.92 Å². The van der Waals surface area contributed by atoms with Crippen LogP contribution < -0.4 is 9.64 Å². The van der Waals surface area contributed by atoms with E-state index in [1.54, 1.807) is 11.0 Å². The van der Waals surface area contributed by atoms with E-state index < -0.39 is 11.5 Å². The molecule has 1 heterocycles. The standard InChI is InChI=1S/C25H25NO4/c1-16-13-17(2)23-21(14-16)25(29,15-18(3)27)24(28)26(23)11-12-30-22-10-6-8-19-7-4-5-9-20(19)22/h4-10,13-14,29H,11-12,15H2,1-3H3. The first-order chi connectivity index (χ1) is 14.3. The SMILES string of the molecule is CC(=O)CC1(O)C(=O)N(CCOc2cccc3ccccc23)c2c(C)cc(C)cc21. The molecule has 1 atom stereocenters. The maximum atomic E-state index is 13.2. The number of carbonyl (C=O) groups is 2. The van der Waals surface area contributed by atoms with Crippen LogP contribution in [0.1, 0.15) is 30.0 Å². The number of fused-ring (bicyclic) bond motifs is 2. The van der Waals surface area contributed by atoms with Crippen molar-refractivity contribution in [2.45, 2.75) is 32.8 Å². The van der Waals surface area contributed by atoms with E-state index in [9.17, 15) is 14.7 Å². The largest absolute Gasteiger partial charge is 0.491 e. The molecule has 3 aromatic rings. The molecule has 30 heavy (non-hydrogen) atoms. The third-order valence-corrected chi connectivity index (χ3v) is 5.59. The van der Waals surface area contributed by atoms with Gasteiger partial charge in [-0.15, -0.1) is 0 Å². The van der Waals surface area contributed by atoms with E-state index in [0.717, 1.165) is 27.6 Å². The van der Waals surface area contributed by atoms with Gasteiger partial charge in [-0.2, -0.15) is 0 Å². The average molecular weight is 403 g/mol. The van der Waals surface area contributed by atoms with E-state index in [0.29, 0.717) is 11.3 Å². The summed E-state index contributed by atoms with van der Waals surface area (Å²) in [5.41, 5.74) is 1.19. The molecule has 0 radical (unpaired) electrons. The molecule has 1 aliphatic heterocycles. The molecule has 154 valence electrons. The Morgan fingerprint density at radius 1 is 1.10 bits per heavy atom. The van der Waals surface area contributed by atoms with Crippen molar-refractivity contribution in [3.63, 3.8) is 0 Å². The molecule has 3 aromatic carbocycles. The van der Waals surface area contributed by atoms with Crippen molar-refractivity contribution in [3.8, 4) is 5.75 Å². The molecule has 4 rings (SSSR count). The van der Waals surface area contributed by atoms with Crippen LogP contribution in [0.3, 0.4) is 0 Å². The Bertz CT molecular complexity index is 1150. The Kier molecular flexibility index (Phi) is 5.08. The predicted octanol–water partition coefficient (Wildman–Crippen LogP) is 4.05. The normalized spacial score (nSPS) is 18.0. The highest BCUT2D eigenvalue weighted by Crippen LogP contribution is 2.44. The predicted molar refractivity (Wildman–Crippen MR) is 117 cm³/mol. The Balaban J connectivity index is 1.62. The van der Waals surface area contributed by atoms with Gasteiger partial charge in [0.25, 0.3) is 5.91 Å². The van der Waals surface area contributed by atoms with Crippen molar-refractivity contribution in [2.75, 3.05) is 18.1 Å². The zero-order chi connectivity index (χ0) is 21.5. The number of hydrogen-bond acceptors (Lipinski definition) is 4. The number of benzene rings is 3. The second-order valence-corrected chi connectivity index (χ2v) is 8.00. The third-order valence-electron chi connectivity index (χ3n) is 5.59. The first kappa shape index (κ1) is 20.1. The summed E-state index contributed by atoms with van der Waals surface area (Å²) in [5, 5.41) is 13.3. The van der Waals surface area contributed by atoms with Crippen LogP contribution in [0.2, 0.25) is 0 Å². The van der Waals surface area contributed by atoms with Crippen LogP contribution in [-0.4, -0.2) is 29.9 Å². The molecular weight excluding hydrogens is 378 g/mol. The molecule has 5 nitrogen and oxygen atoms in total. The van der Waals surface area contributed by atoms with Crippen LogP contribution in [-0.2, 0) is 15.2 Å². The molecule has 0 bridgehead atoms. The number of ether oxygens (including phenoxy) is 1. The van der Waals surface area contributed by atoms with E-state index in [-0.39, 0.29) is 25.4 Å². The molecule has 1 N–H and O–H groups in total. The molecule has 0 spiro atoms. The fourth-order valence-corrected chi connectivity index (χ4v) is 4.39. The summed E-state index contributed by atoms with van der Waals surface area (Å²) in [6, 6.07) is 17.6. The number of anilines is 1. The zero-order valence-electron chi connectivity index (χ0n) is 17.4. The smallest absolute Gasteiger partial charge is 0.264 e. The second kappa shape index (κ2) is 7.58. The molecule has 1 amide bonds. The molecule has 0 saturated heterocycles. The second-order valence-electron chi connectivity index (χ2n) is 8.00. The molecule has 0 aromatic heterocycles. The number of Topliss-reactive ketones (excluding diaryl/α,β-unsaturated/α-hetero) is 1. The minimum atomic E-state index is -1.82. The summed E-state index contributed by atoms with van der Waals surface area (Å²) in [6.45, 7) is 5.76. The molecule has 1 aliphatic rings. The van der Waals surface area contributed by atoms with Crippen LogP contribution in [0.15, 0.2) is 54.6 Å². The van der Waals surface area contributed by atoms with Gasteiger partial charge in [0.05, 0.1) is 12.2 Å². The van der Waals surface area contributed by atoms with Gasteiger partial charge in [0.1, 0.15) is 18.1 Å². The number of rotatable bonds is 6. The lowest BCUT2D eigenvalue weighted by Crippen LogP contribution is -2.43. The summed E-state index contributed by atoms with van der Waals surface area (Å²) >= 11 is 0. The minimum absolute atomic E-state index is 0.232. The van der Waals surface area contributed by atoms with Gasteiger partial charge in [0.2, 0.25) is 0 Å². The van der Waals surface area contributed by atoms with Crippen LogP contribution in [0.5, 0.6) is 5.75 Å². The van der Waals surface area contributed by atoms with Gasteiger partial charge in [-0.05, 0) is 37.8 Å². The molecule has 1 unspecified atom stereocenters. The maximum absolute atomic E-state index is 13.2. The van der Waals surface area contributed by atoms with Crippen molar-refractivity contribution in [3.05, 3.63) is 71.3 Å². The van der Waals surface area contributed by atoms with Crippen molar-refractivity contribution in [2.24, 2.45) is 0 Å². The first-order valence-electron chi connectivity index (χ1n) is 10.1. The molecular formula is C25H25NO4. The van der Waals surface area contributed by atoms with Crippen molar-refractivity contribution in [1.82, 2.24) is 0 Å². The lowest BCUT2D eigenvalue weighted by Gasteiger charge is -2.22. The molecule has 0 saturated carbocycles. The number of nitrogens with zero attached hydrogens (tertiary/aromatic N) is 1.